The maximum Gasteiger partial charge on any atom is 0.416 e. The van der Waals surface area contributed by atoms with E-state index < -0.39 is 17.6 Å². The van der Waals surface area contributed by atoms with Gasteiger partial charge in [-0.3, -0.25) is 19.5 Å². The van der Waals surface area contributed by atoms with Gasteiger partial charge in [-0.25, -0.2) is 0 Å². The molecule has 3 aliphatic heterocycles. The quantitative estimate of drug-likeness (QED) is 0.564. The van der Waals surface area contributed by atoms with E-state index in [1.807, 2.05) is 12.3 Å². The number of ether oxygens (including phenoxy) is 1. The van der Waals surface area contributed by atoms with E-state index in [2.05, 4.69) is 21.3 Å². The van der Waals surface area contributed by atoms with Crippen molar-refractivity contribution < 1.29 is 27.5 Å². The minimum Gasteiger partial charge on any atom is -0.381 e. The summed E-state index contributed by atoms with van der Waals surface area (Å²) in [6, 6.07) is 7.79. The van der Waals surface area contributed by atoms with Crippen molar-refractivity contribution in [3.63, 3.8) is 0 Å². The highest BCUT2D eigenvalue weighted by molar-refractivity contribution is 5.99. The first-order chi connectivity index (χ1) is 19.8. The Morgan fingerprint density at radius 1 is 1.07 bits per heavy atom. The van der Waals surface area contributed by atoms with Crippen LogP contribution in [0.25, 0.3) is 0 Å². The van der Waals surface area contributed by atoms with Gasteiger partial charge in [0.25, 0.3) is 5.91 Å². The summed E-state index contributed by atoms with van der Waals surface area (Å²) < 4.78 is 45.5. The minimum absolute atomic E-state index is 0.0341. The molecule has 4 heterocycles. The Bertz CT molecular complexity index is 1280. The monoisotopic (exact) mass is 570 g/mol. The van der Waals surface area contributed by atoms with E-state index in [4.69, 9.17) is 4.74 Å². The third-order valence-electron chi connectivity index (χ3n) is 9.36. The SMILES string of the molecule is O=C(CN1CCc2ccc(C(F)(F)F)cc2C1=O)NC1CN(C2CCCOCC2)C[C@@H]1CC1CCc2cccnc21. The minimum atomic E-state index is -4.53. The van der Waals surface area contributed by atoms with Crippen LogP contribution in [0.15, 0.2) is 36.5 Å². The summed E-state index contributed by atoms with van der Waals surface area (Å²) in [6.45, 7) is 3.31. The summed E-state index contributed by atoms with van der Waals surface area (Å²) in [7, 11) is 0. The van der Waals surface area contributed by atoms with Crippen molar-refractivity contribution in [2.45, 2.75) is 69.1 Å². The first-order valence-corrected chi connectivity index (χ1v) is 14.8. The van der Waals surface area contributed by atoms with Gasteiger partial charge in [0.15, 0.2) is 0 Å². The normalized spacial score (nSPS) is 26.9. The number of nitrogens with zero attached hydrogens (tertiary/aromatic N) is 3. The number of carbonyl (C=O) groups excluding carboxylic acids is 2. The molecule has 0 spiro atoms. The highest BCUT2D eigenvalue weighted by atomic mass is 19.4. The average Bonchev–Trinajstić information content (AvgIpc) is 3.42. The van der Waals surface area contributed by atoms with E-state index in [0.717, 1.165) is 77.0 Å². The number of hydrogen-bond acceptors (Lipinski definition) is 5. The Morgan fingerprint density at radius 2 is 1.95 bits per heavy atom. The maximum absolute atomic E-state index is 13.3. The maximum atomic E-state index is 13.3. The number of hydrogen-bond donors (Lipinski definition) is 1. The zero-order valence-corrected chi connectivity index (χ0v) is 23.2. The molecule has 2 aromatic rings. The highest BCUT2D eigenvalue weighted by Gasteiger charge is 2.40. The summed E-state index contributed by atoms with van der Waals surface area (Å²) in [4.78, 5) is 35.0. The molecular formula is C31H37F3N4O3. The van der Waals surface area contributed by atoms with Crippen LogP contribution in [0.3, 0.4) is 0 Å². The number of aromatic nitrogens is 1. The largest absolute Gasteiger partial charge is 0.416 e. The number of amides is 2. The number of fused-ring (bicyclic) bond motifs is 2. The smallest absolute Gasteiger partial charge is 0.381 e. The predicted molar refractivity (Wildman–Crippen MR) is 146 cm³/mol. The van der Waals surface area contributed by atoms with Crippen molar-refractivity contribution in [3.05, 3.63) is 64.5 Å². The number of carbonyl (C=O) groups is 2. The molecule has 41 heavy (non-hydrogen) atoms. The number of likely N-dealkylation sites (tertiary alicyclic amines) is 1. The van der Waals surface area contributed by atoms with E-state index in [1.165, 1.54) is 22.2 Å². The fraction of sp³-hybridized carbons (Fsp3) is 0.581. The lowest BCUT2D eigenvalue weighted by Crippen LogP contribution is -2.49. The molecule has 0 bridgehead atoms. The number of rotatable bonds is 6. The van der Waals surface area contributed by atoms with Gasteiger partial charge in [0.05, 0.1) is 12.1 Å². The molecule has 4 atom stereocenters. The van der Waals surface area contributed by atoms with Crippen LogP contribution in [0.4, 0.5) is 13.2 Å². The van der Waals surface area contributed by atoms with E-state index >= 15 is 0 Å². The van der Waals surface area contributed by atoms with Crippen molar-refractivity contribution in [2.75, 3.05) is 39.4 Å². The molecule has 10 heteroatoms. The molecule has 3 unspecified atom stereocenters. The van der Waals surface area contributed by atoms with E-state index in [-0.39, 0.29) is 30.0 Å². The van der Waals surface area contributed by atoms with E-state index in [9.17, 15) is 22.8 Å². The number of halogens is 3. The molecule has 1 N–H and O–H groups in total. The molecule has 2 amide bonds. The van der Waals surface area contributed by atoms with Crippen LogP contribution in [-0.2, 0) is 28.5 Å². The topological polar surface area (TPSA) is 74.8 Å². The van der Waals surface area contributed by atoms with Crippen LogP contribution in [-0.4, -0.2) is 78.1 Å². The van der Waals surface area contributed by atoms with Crippen LogP contribution in [0, 0.1) is 5.92 Å². The zero-order chi connectivity index (χ0) is 28.6. The number of nitrogens with one attached hydrogen (secondary N) is 1. The Kier molecular flexibility index (Phi) is 8.05. The number of pyridine rings is 1. The fourth-order valence-electron chi connectivity index (χ4n) is 7.22. The van der Waals surface area contributed by atoms with Gasteiger partial charge in [-0.1, -0.05) is 12.1 Å². The summed E-state index contributed by atoms with van der Waals surface area (Å²) in [5.74, 6) is -0.187. The van der Waals surface area contributed by atoms with Gasteiger partial charge in [-0.05, 0) is 80.2 Å². The van der Waals surface area contributed by atoms with Crippen LogP contribution in [0.2, 0.25) is 0 Å². The Balaban J connectivity index is 1.14. The number of benzene rings is 1. The van der Waals surface area contributed by atoms with Gasteiger partial charge in [-0.2, -0.15) is 13.2 Å². The summed E-state index contributed by atoms with van der Waals surface area (Å²) in [6.07, 6.45) is 3.84. The third-order valence-corrected chi connectivity index (χ3v) is 9.36. The Morgan fingerprint density at radius 3 is 2.80 bits per heavy atom. The second kappa shape index (κ2) is 11.7. The first-order valence-electron chi connectivity index (χ1n) is 14.8. The summed E-state index contributed by atoms with van der Waals surface area (Å²) >= 11 is 0. The molecule has 1 aliphatic carbocycles. The Labute approximate surface area is 238 Å². The fourth-order valence-corrected chi connectivity index (χ4v) is 7.22. The molecule has 7 nitrogen and oxygen atoms in total. The molecule has 0 saturated carbocycles. The highest BCUT2D eigenvalue weighted by Crippen LogP contribution is 2.39. The van der Waals surface area contributed by atoms with Crippen molar-refractivity contribution in [1.29, 1.82) is 0 Å². The van der Waals surface area contributed by atoms with Crippen molar-refractivity contribution in [1.82, 2.24) is 20.1 Å². The van der Waals surface area contributed by atoms with Gasteiger partial charge in [-0.15, -0.1) is 0 Å². The number of aryl methyl sites for hydroxylation is 1. The van der Waals surface area contributed by atoms with E-state index in [1.54, 1.807) is 0 Å². The molecule has 6 rings (SSSR count). The molecule has 4 aliphatic rings. The van der Waals surface area contributed by atoms with Gasteiger partial charge in [0, 0.05) is 68.3 Å². The average molecular weight is 571 g/mol. The number of alkyl halides is 3. The Hall–Kier alpha value is -2.98. The lowest BCUT2D eigenvalue weighted by molar-refractivity contribution is -0.137. The first kappa shape index (κ1) is 28.2. The van der Waals surface area contributed by atoms with E-state index in [0.29, 0.717) is 30.5 Å². The second-order valence-electron chi connectivity index (χ2n) is 12.0. The molecular weight excluding hydrogens is 533 g/mol. The summed E-state index contributed by atoms with van der Waals surface area (Å²) in [5, 5.41) is 3.23. The standard InChI is InChI=1S/C31H37F3N4O3/c32-31(33,34)24-8-7-20-9-12-37(30(40)26(20)16-24)19-28(39)36-27-18-38(25-4-2-13-41-14-10-25)17-23(27)15-22-6-5-21-3-1-11-35-29(21)22/h1,3,7-8,11,16,22-23,25,27H,2,4-6,9-10,12-15,17-19H2,(H,36,39)/t22?,23-,25?,27?/m0/s1. The lowest BCUT2D eigenvalue weighted by atomic mass is 9.89. The molecule has 1 aromatic heterocycles. The second-order valence-corrected chi connectivity index (χ2v) is 12.0. The molecule has 1 aromatic carbocycles. The third kappa shape index (κ3) is 6.14. The van der Waals surface area contributed by atoms with Crippen LogP contribution in [0.5, 0.6) is 0 Å². The molecule has 2 fully saturated rings. The van der Waals surface area contributed by atoms with Crippen molar-refractivity contribution in [3.8, 4) is 0 Å². The van der Waals surface area contributed by atoms with Gasteiger partial charge >= 0.3 is 6.18 Å². The van der Waals surface area contributed by atoms with Crippen LogP contribution >= 0.6 is 0 Å². The van der Waals surface area contributed by atoms with Crippen LogP contribution < -0.4 is 5.32 Å². The van der Waals surface area contributed by atoms with Gasteiger partial charge < -0.3 is 15.0 Å². The zero-order valence-electron chi connectivity index (χ0n) is 23.2. The molecule has 2 saturated heterocycles. The van der Waals surface area contributed by atoms with Crippen molar-refractivity contribution in [2.24, 2.45) is 5.92 Å². The molecule has 220 valence electrons. The van der Waals surface area contributed by atoms with Gasteiger partial charge in [0.1, 0.15) is 0 Å². The summed E-state index contributed by atoms with van der Waals surface area (Å²) in [5.41, 5.74) is 2.26. The van der Waals surface area contributed by atoms with Crippen LogP contribution in [0.1, 0.15) is 70.8 Å². The molecule has 0 radical (unpaired) electrons. The predicted octanol–water partition coefficient (Wildman–Crippen LogP) is 4.20. The van der Waals surface area contributed by atoms with Crippen molar-refractivity contribution >= 4 is 11.8 Å². The lowest BCUT2D eigenvalue weighted by Gasteiger charge is -2.30. The van der Waals surface area contributed by atoms with Gasteiger partial charge in [0.2, 0.25) is 5.91 Å².